The van der Waals surface area contributed by atoms with Crippen LogP contribution >= 0.6 is 0 Å². The van der Waals surface area contributed by atoms with Crippen molar-refractivity contribution in [2.75, 3.05) is 26.4 Å². The number of unbranched alkanes of at least 4 members (excludes halogenated alkanes) is 13. The minimum atomic E-state index is -0.637. The Kier molecular flexibility index (Phi) is 20.5. The molecule has 9 nitrogen and oxygen atoms in total. The maximum Gasteiger partial charge on any atom is 0.334 e. The van der Waals surface area contributed by atoms with Crippen molar-refractivity contribution < 1.29 is 29.2 Å². The molecule has 2 rings (SSSR count). The standard InChI is InChI=1S/C33H59N3O6/c1-3-4-5-6-7-10-13-16-19-31(37)26-40-21-22-41-27-32(38)24-30-25-36(35-34-30)20-17-14-11-8-9-12-15-18-29-23-28(2)42-33(29)39/h23,25,28,31-32,37-38H,3-22,24,26-27H2,1-2H3/t28-,31-,32-/m0/s1. The highest BCUT2D eigenvalue weighted by Crippen LogP contribution is 2.20. The van der Waals surface area contributed by atoms with Crippen LogP contribution in [0.25, 0.3) is 0 Å². The second-order valence-electron chi connectivity index (χ2n) is 11.9. The number of hydrogen-bond acceptors (Lipinski definition) is 8. The summed E-state index contributed by atoms with van der Waals surface area (Å²) < 4.78 is 18.1. The van der Waals surface area contributed by atoms with Gasteiger partial charge in [-0.2, -0.15) is 0 Å². The SMILES string of the molecule is CCCCCCCCCC[C@H](O)COCCOC[C@@H](O)Cc1cn(CCCCCCCCCC2=C[C@H](C)OC2=O)nn1. The van der Waals surface area contributed by atoms with Crippen molar-refractivity contribution >= 4 is 5.97 Å². The quantitative estimate of drug-likeness (QED) is 0.0885. The number of aliphatic hydroxyl groups is 2. The summed E-state index contributed by atoms with van der Waals surface area (Å²) in [4.78, 5) is 11.6. The van der Waals surface area contributed by atoms with Crippen LogP contribution in [-0.2, 0) is 32.0 Å². The fourth-order valence-electron chi connectivity index (χ4n) is 5.28. The molecule has 3 atom stereocenters. The molecule has 42 heavy (non-hydrogen) atoms. The Hall–Kier alpha value is -1.81. The van der Waals surface area contributed by atoms with E-state index in [1.54, 1.807) is 0 Å². The van der Waals surface area contributed by atoms with Crippen LogP contribution in [0.15, 0.2) is 17.8 Å². The fraction of sp³-hybridized carbons (Fsp3) is 0.848. The first kappa shape index (κ1) is 36.4. The van der Waals surface area contributed by atoms with Crippen molar-refractivity contribution in [2.24, 2.45) is 0 Å². The van der Waals surface area contributed by atoms with E-state index in [0.717, 1.165) is 62.8 Å². The lowest BCUT2D eigenvalue weighted by atomic mass is 10.0. The van der Waals surface area contributed by atoms with Gasteiger partial charge in [0.25, 0.3) is 0 Å². The van der Waals surface area contributed by atoms with Gasteiger partial charge >= 0.3 is 5.97 Å². The third-order valence-corrected chi connectivity index (χ3v) is 7.74. The van der Waals surface area contributed by atoms with Crippen molar-refractivity contribution in [1.29, 1.82) is 0 Å². The lowest BCUT2D eigenvalue weighted by Gasteiger charge is -2.12. The van der Waals surface area contributed by atoms with Gasteiger partial charge in [0.05, 0.1) is 44.3 Å². The van der Waals surface area contributed by atoms with Crippen LogP contribution in [0, 0.1) is 0 Å². The molecule has 0 aromatic carbocycles. The summed E-state index contributed by atoms with van der Waals surface area (Å²) in [5.41, 5.74) is 1.61. The first-order valence-electron chi connectivity index (χ1n) is 16.8. The first-order valence-corrected chi connectivity index (χ1v) is 16.8. The van der Waals surface area contributed by atoms with Crippen molar-refractivity contribution in [3.63, 3.8) is 0 Å². The molecule has 1 aliphatic rings. The lowest BCUT2D eigenvalue weighted by Crippen LogP contribution is -2.21. The average molecular weight is 594 g/mol. The molecule has 0 saturated carbocycles. The van der Waals surface area contributed by atoms with E-state index in [2.05, 4.69) is 17.2 Å². The number of nitrogens with zero attached hydrogens (tertiary/aromatic N) is 3. The molecule has 0 unspecified atom stereocenters. The molecule has 1 aliphatic heterocycles. The van der Waals surface area contributed by atoms with E-state index in [1.165, 1.54) is 64.2 Å². The number of aliphatic hydroxyl groups excluding tert-OH is 2. The highest BCUT2D eigenvalue weighted by Gasteiger charge is 2.21. The summed E-state index contributed by atoms with van der Waals surface area (Å²) in [6, 6.07) is 0. The summed E-state index contributed by atoms with van der Waals surface area (Å²) in [6.45, 7) is 6.32. The molecule has 242 valence electrons. The van der Waals surface area contributed by atoms with Gasteiger partial charge in [-0.1, -0.05) is 95.6 Å². The molecule has 0 amide bonds. The van der Waals surface area contributed by atoms with Crippen molar-refractivity contribution in [1.82, 2.24) is 15.0 Å². The summed E-state index contributed by atoms with van der Waals surface area (Å²) >= 11 is 0. The van der Waals surface area contributed by atoms with Crippen LogP contribution in [0.1, 0.15) is 129 Å². The van der Waals surface area contributed by atoms with Crippen LogP contribution in [0.4, 0.5) is 0 Å². The van der Waals surface area contributed by atoms with Gasteiger partial charge in [0.2, 0.25) is 0 Å². The number of esters is 1. The molecule has 0 fully saturated rings. The molecule has 1 aromatic rings. The van der Waals surface area contributed by atoms with Crippen LogP contribution in [0.3, 0.4) is 0 Å². The van der Waals surface area contributed by atoms with Crippen molar-refractivity contribution in [3.8, 4) is 0 Å². The Labute approximate surface area is 254 Å². The zero-order valence-corrected chi connectivity index (χ0v) is 26.5. The molecule has 0 radical (unpaired) electrons. The number of carbonyl (C=O) groups is 1. The normalized spacial score (nSPS) is 16.5. The number of carbonyl (C=O) groups excluding carboxylic acids is 1. The van der Waals surface area contributed by atoms with Gasteiger partial charge < -0.3 is 24.4 Å². The maximum atomic E-state index is 11.6. The highest BCUT2D eigenvalue weighted by atomic mass is 16.5. The minimum absolute atomic E-state index is 0.0657. The van der Waals surface area contributed by atoms with E-state index in [9.17, 15) is 15.0 Å². The average Bonchev–Trinajstić information content (AvgIpc) is 3.55. The Balaban J connectivity index is 1.37. The van der Waals surface area contributed by atoms with E-state index in [-0.39, 0.29) is 18.7 Å². The van der Waals surface area contributed by atoms with E-state index in [0.29, 0.717) is 26.2 Å². The summed E-state index contributed by atoms with van der Waals surface area (Å²) in [7, 11) is 0. The first-order chi connectivity index (χ1) is 20.5. The Bertz CT molecular complexity index is 846. The molecule has 0 bridgehead atoms. The monoisotopic (exact) mass is 593 g/mol. The zero-order valence-electron chi connectivity index (χ0n) is 26.5. The van der Waals surface area contributed by atoms with Gasteiger partial charge in [0.1, 0.15) is 6.10 Å². The molecule has 9 heteroatoms. The van der Waals surface area contributed by atoms with Crippen LogP contribution < -0.4 is 0 Å². The Morgan fingerprint density at radius 2 is 1.45 bits per heavy atom. The Morgan fingerprint density at radius 3 is 2.10 bits per heavy atom. The summed E-state index contributed by atoms with van der Waals surface area (Å²) in [6.07, 6.45) is 22.8. The van der Waals surface area contributed by atoms with Gasteiger partial charge in [-0.3, -0.25) is 4.68 Å². The third-order valence-electron chi connectivity index (χ3n) is 7.74. The molecular formula is C33H59N3O6. The second-order valence-corrected chi connectivity index (χ2v) is 11.9. The number of rotatable bonds is 28. The molecule has 2 N–H and O–H groups in total. The predicted molar refractivity (Wildman–Crippen MR) is 165 cm³/mol. The van der Waals surface area contributed by atoms with E-state index < -0.39 is 12.2 Å². The maximum absolute atomic E-state index is 11.6. The number of hydrogen-bond donors (Lipinski definition) is 2. The third kappa shape index (κ3) is 18.0. The summed E-state index contributed by atoms with van der Waals surface area (Å²) in [5, 5.41) is 28.7. The van der Waals surface area contributed by atoms with Gasteiger partial charge in [0, 0.05) is 24.7 Å². The number of ether oxygens (including phenoxy) is 3. The van der Waals surface area contributed by atoms with Crippen molar-refractivity contribution in [2.45, 2.75) is 154 Å². The molecule has 2 heterocycles. The van der Waals surface area contributed by atoms with Crippen LogP contribution in [0.5, 0.6) is 0 Å². The summed E-state index contributed by atoms with van der Waals surface area (Å²) in [5.74, 6) is -0.140. The number of aryl methyl sites for hydroxylation is 1. The lowest BCUT2D eigenvalue weighted by molar-refractivity contribution is -0.139. The van der Waals surface area contributed by atoms with Gasteiger partial charge in [0.15, 0.2) is 0 Å². The van der Waals surface area contributed by atoms with E-state index in [1.807, 2.05) is 23.9 Å². The topological polar surface area (TPSA) is 116 Å². The van der Waals surface area contributed by atoms with E-state index >= 15 is 0 Å². The number of cyclic esters (lactones) is 1. The number of aromatic nitrogens is 3. The fourth-order valence-corrected chi connectivity index (χ4v) is 5.28. The molecule has 0 saturated heterocycles. The van der Waals surface area contributed by atoms with Crippen molar-refractivity contribution in [3.05, 3.63) is 23.5 Å². The largest absolute Gasteiger partial charge is 0.455 e. The molecular weight excluding hydrogens is 534 g/mol. The van der Waals surface area contributed by atoms with Gasteiger partial charge in [-0.15, -0.1) is 5.10 Å². The molecule has 0 spiro atoms. The second kappa shape index (κ2) is 23.6. The predicted octanol–water partition coefficient (Wildman–Crippen LogP) is 6.10. The Morgan fingerprint density at radius 1 is 0.857 bits per heavy atom. The molecule has 1 aromatic heterocycles. The van der Waals surface area contributed by atoms with Crippen LogP contribution in [-0.4, -0.2) is 75.9 Å². The molecule has 0 aliphatic carbocycles. The van der Waals surface area contributed by atoms with Crippen LogP contribution in [0.2, 0.25) is 0 Å². The van der Waals surface area contributed by atoms with Gasteiger partial charge in [-0.05, 0) is 38.7 Å². The smallest absolute Gasteiger partial charge is 0.334 e. The zero-order chi connectivity index (χ0) is 30.3. The van der Waals surface area contributed by atoms with E-state index in [4.69, 9.17) is 14.2 Å². The minimum Gasteiger partial charge on any atom is -0.455 e. The van der Waals surface area contributed by atoms with Gasteiger partial charge in [-0.25, -0.2) is 4.79 Å². The highest BCUT2D eigenvalue weighted by molar-refractivity contribution is 5.90.